The minimum absolute atomic E-state index is 0.147. The van der Waals surface area contributed by atoms with Crippen LogP contribution in [-0.4, -0.2) is 51.0 Å². The van der Waals surface area contributed by atoms with E-state index < -0.39 is 24.0 Å². The Morgan fingerprint density at radius 2 is 2.29 bits per heavy atom. The van der Waals surface area contributed by atoms with Crippen LogP contribution >= 0.6 is 0 Å². The van der Waals surface area contributed by atoms with Crippen LogP contribution in [0.25, 0.3) is 0 Å². The monoisotopic (exact) mass is 240 g/mol. The summed E-state index contributed by atoms with van der Waals surface area (Å²) in [4.78, 5) is 30.6. The van der Waals surface area contributed by atoms with Crippen LogP contribution in [0.2, 0.25) is 0 Å². The number of hydrogen-bond acceptors (Lipinski definition) is 4. The molecule has 94 valence electrons. The number of amides is 1. The van der Waals surface area contributed by atoms with Crippen molar-refractivity contribution in [3.63, 3.8) is 0 Å². The van der Waals surface area contributed by atoms with Crippen molar-refractivity contribution in [3.8, 4) is 0 Å². The van der Waals surface area contributed by atoms with Crippen molar-refractivity contribution < 1.29 is 14.7 Å². The average molecular weight is 240 g/mol. The van der Waals surface area contributed by atoms with Crippen molar-refractivity contribution in [2.24, 2.45) is 5.73 Å². The van der Waals surface area contributed by atoms with Crippen molar-refractivity contribution in [1.82, 2.24) is 14.9 Å². The molecule has 1 rings (SSSR count). The Hall–Kier alpha value is -1.89. The minimum Gasteiger partial charge on any atom is -0.480 e. The first kappa shape index (κ1) is 13.2. The van der Waals surface area contributed by atoms with Gasteiger partial charge in [-0.1, -0.05) is 0 Å². The Labute approximate surface area is 98.6 Å². The van der Waals surface area contributed by atoms with Gasteiger partial charge in [-0.25, -0.2) is 9.78 Å². The van der Waals surface area contributed by atoms with Crippen molar-refractivity contribution in [2.45, 2.75) is 25.4 Å². The van der Waals surface area contributed by atoms with Crippen LogP contribution in [-0.2, 0) is 16.0 Å². The van der Waals surface area contributed by atoms with Gasteiger partial charge in [0.1, 0.15) is 6.04 Å². The van der Waals surface area contributed by atoms with Crippen LogP contribution < -0.4 is 5.73 Å². The fourth-order valence-corrected chi connectivity index (χ4v) is 1.47. The van der Waals surface area contributed by atoms with E-state index in [2.05, 4.69) is 9.97 Å². The fraction of sp³-hybridized carbons (Fsp3) is 0.500. The normalized spacial score (nSPS) is 14.1. The van der Waals surface area contributed by atoms with Crippen molar-refractivity contribution in [3.05, 3.63) is 18.2 Å². The van der Waals surface area contributed by atoms with E-state index in [4.69, 9.17) is 10.8 Å². The van der Waals surface area contributed by atoms with Crippen LogP contribution in [0, 0.1) is 0 Å². The maximum atomic E-state index is 11.6. The van der Waals surface area contributed by atoms with Gasteiger partial charge in [0.25, 0.3) is 0 Å². The van der Waals surface area contributed by atoms with E-state index in [0.717, 1.165) is 4.90 Å². The molecule has 1 amide bonds. The summed E-state index contributed by atoms with van der Waals surface area (Å²) >= 11 is 0. The van der Waals surface area contributed by atoms with Gasteiger partial charge in [-0.3, -0.25) is 4.79 Å². The Morgan fingerprint density at radius 3 is 2.71 bits per heavy atom. The smallest absolute Gasteiger partial charge is 0.326 e. The molecule has 4 N–H and O–H groups in total. The number of nitrogens with one attached hydrogen (secondary N) is 1. The van der Waals surface area contributed by atoms with Gasteiger partial charge in [-0.05, 0) is 6.92 Å². The van der Waals surface area contributed by atoms with Crippen molar-refractivity contribution >= 4 is 11.9 Å². The summed E-state index contributed by atoms with van der Waals surface area (Å²) in [5.74, 6) is -1.49. The van der Waals surface area contributed by atoms with Gasteiger partial charge in [0, 0.05) is 19.7 Å². The summed E-state index contributed by atoms with van der Waals surface area (Å²) in [6, 6.07) is -1.68. The average Bonchev–Trinajstić information content (AvgIpc) is 2.76. The number of rotatable bonds is 5. The zero-order chi connectivity index (χ0) is 13.0. The van der Waals surface area contributed by atoms with E-state index >= 15 is 0 Å². The number of nitrogens with zero attached hydrogens (tertiary/aromatic N) is 2. The van der Waals surface area contributed by atoms with Gasteiger partial charge in [-0.15, -0.1) is 0 Å². The van der Waals surface area contributed by atoms with E-state index in [1.165, 1.54) is 20.3 Å². The van der Waals surface area contributed by atoms with Crippen LogP contribution in [0.1, 0.15) is 12.6 Å². The lowest BCUT2D eigenvalue weighted by atomic mass is 10.1. The summed E-state index contributed by atoms with van der Waals surface area (Å²) < 4.78 is 0. The molecule has 1 heterocycles. The molecule has 2 atom stereocenters. The lowest BCUT2D eigenvalue weighted by Crippen LogP contribution is -2.49. The van der Waals surface area contributed by atoms with E-state index in [0.29, 0.717) is 5.69 Å². The molecule has 17 heavy (non-hydrogen) atoms. The van der Waals surface area contributed by atoms with Crippen molar-refractivity contribution in [2.75, 3.05) is 7.05 Å². The number of carboxylic acids is 1. The van der Waals surface area contributed by atoms with Crippen LogP contribution in [0.5, 0.6) is 0 Å². The third kappa shape index (κ3) is 3.28. The molecule has 7 nitrogen and oxygen atoms in total. The van der Waals surface area contributed by atoms with Gasteiger partial charge < -0.3 is 20.7 Å². The van der Waals surface area contributed by atoms with Gasteiger partial charge in [-0.2, -0.15) is 0 Å². The fourth-order valence-electron chi connectivity index (χ4n) is 1.47. The number of nitrogens with two attached hydrogens (primary N) is 1. The Bertz CT molecular complexity index is 388. The molecule has 0 aliphatic carbocycles. The molecule has 7 heteroatoms. The molecule has 1 aromatic rings. The van der Waals surface area contributed by atoms with E-state index in [1.807, 2.05) is 0 Å². The summed E-state index contributed by atoms with van der Waals surface area (Å²) in [5, 5.41) is 9.10. The molecule has 0 aromatic carbocycles. The highest BCUT2D eigenvalue weighted by Crippen LogP contribution is 2.06. The number of hydrogen-bond donors (Lipinski definition) is 3. The molecule has 0 aliphatic heterocycles. The number of aromatic amines is 1. The zero-order valence-electron chi connectivity index (χ0n) is 9.75. The lowest BCUT2D eigenvalue weighted by molar-refractivity contribution is -0.149. The summed E-state index contributed by atoms with van der Waals surface area (Å²) in [6.07, 6.45) is 3.20. The number of aromatic nitrogens is 2. The highest BCUT2D eigenvalue weighted by atomic mass is 16.4. The Morgan fingerprint density at radius 1 is 1.65 bits per heavy atom. The zero-order valence-corrected chi connectivity index (χ0v) is 9.75. The maximum absolute atomic E-state index is 11.6. The summed E-state index contributed by atoms with van der Waals surface area (Å²) in [7, 11) is 1.43. The SMILES string of the molecule is C[C@H](N)C(=O)N(C)[C@@H](Cc1c[nH]cn1)C(=O)O. The molecule has 0 spiro atoms. The number of H-pyrrole nitrogens is 1. The predicted octanol–water partition coefficient (Wildman–Crippen LogP) is -0.789. The standard InChI is InChI=1S/C10H16N4O3/c1-6(11)9(15)14(2)8(10(16)17)3-7-4-12-5-13-7/h4-6,8H,3,11H2,1-2H3,(H,12,13)(H,16,17)/t6-,8-/m0/s1. The number of carbonyl (C=O) groups excluding carboxylic acids is 1. The molecule has 0 bridgehead atoms. The second-order valence-electron chi connectivity index (χ2n) is 3.86. The first-order chi connectivity index (χ1) is 7.93. The summed E-state index contributed by atoms with van der Waals surface area (Å²) in [5.41, 5.74) is 6.03. The number of carbonyl (C=O) groups is 2. The minimum atomic E-state index is -1.08. The number of imidazole rings is 1. The topological polar surface area (TPSA) is 112 Å². The van der Waals surface area contributed by atoms with Gasteiger partial charge in [0.15, 0.2) is 0 Å². The molecular weight excluding hydrogens is 224 g/mol. The van der Waals surface area contributed by atoms with E-state index in [1.54, 1.807) is 6.20 Å². The van der Waals surface area contributed by atoms with E-state index in [-0.39, 0.29) is 6.42 Å². The number of likely N-dealkylation sites (N-methyl/N-ethyl adjacent to an activating group) is 1. The molecule has 0 aliphatic rings. The van der Waals surface area contributed by atoms with Crippen LogP contribution in [0.3, 0.4) is 0 Å². The second kappa shape index (κ2) is 5.44. The predicted molar refractivity (Wildman–Crippen MR) is 60.1 cm³/mol. The number of carboxylic acid groups (broad SMARTS) is 1. The van der Waals surface area contributed by atoms with Gasteiger partial charge in [0.2, 0.25) is 5.91 Å². The van der Waals surface area contributed by atoms with Crippen LogP contribution in [0.4, 0.5) is 0 Å². The molecule has 1 aromatic heterocycles. The maximum Gasteiger partial charge on any atom is 0.326 e. The molecule has 0 unspecified atom stereocenters. The molecular formula is C10H16N4O3. The number of aliphatic carboxylic acids is 1. The van der Waals surface area contributed by atoms with Crippen LogP contribution in [0.15, 0.2) is 12.5 Å². The third-order valence-electron chi connectivity index (χ3n) is 2.45. The molecule has 0 fully saturated rings. The van der Waals surface area contributed by atoms with Gasteiger partial charge >= 0.3 is 5.97 Å². The highest BCUT2D eigenvalue weighted by molar-refractivity contribution is 5.86. The second-order valence-corrected chi connectivity index (χ2v) is 3.86. The van der Waals surface area contributed by atoms with Gasteiger partial charge in [0.05, 0.1) is 18.1 Å². The van der Waals surface area contributed by atoms with E-state index in [9.17, 15) is 9.59 Å². The molecule has 0 saturated carbocycles. The largest absolute Gasteiger partial charge is 0.480 e. The Kier molecular flexibility index (Phi) is 4.22. The Balaban J connectivity index is 2.79. The third-order valence-corrected chi connectivity index (χ3v) is 2.45. The molecule has 0 radical (unpaired) electrons. The quantitative estimate of drug-likeness (QED) is 0.624. The van der Waals surface area contributed by atoms with Crippen molar-refractivity contribution in [1.29, 1.82) is 0 Å². The first-order valence-electron chi connectivity index (χ1n) is 5.16. The first-order valence-corrected chi connectivity index (χ1v) is 5.16. The molecule has 0 saturated heterocycles. The highest BCUT2D eigenvalue weighted by Gasteiger charge is 2.28. The summed E-state index contributed by atoms with van der Waals surface area (Å²) in [6.45, 7) is 1.52. The lowest BCUT2D eigenvalue weighted by Gasteiger charge is -2.25.